The van der Waals surface area contributed by atoms with Gasteiger partial charge in [-0.25, -0.2) is 0 Å². The van der Waals surface area contributed by atoms with Crippen molar-refractivity contribution < 1.29 is 4.42 Å². The van der Waals surface area contributed by atoms with E-state index >= 15 is 0 Å². The summed E-state index contributed by atoms with van der Waals surface area (Å²) in [6.45, 7) is 0. The van der Waals surface area contributed by atoms with Crippen LogP contribution in [-0.4, -0.2) is 4.57 Å². The molecule has 0 saturated heterocycles. The van der Waals surface area contributed by atoms with Gasteiger partial charge in [0.15, 0.2) is 0 Å². The molecule has 44 heavy (non-hydrogen) atoms. The lowest BCUT2D eigenvalue weighted by Gasteiger charge is -2.18. The van der Waals surface area contributed by atoms with Gasteiger partial charge in [0.2, 0.25) is 0 Å². The molecule has 2 aromatic heterocycles. The Labute approximate surface area is 257 Å². The number of hydrogen-bond donors (Lipinski definition) is 0. The summed E-state index contributed by atoms with van der Waals surface area (Å²) in [5, 5.41) is 2.32. The number of fused-ring (bicyclic) bond motifs is 6. The van der Waals surface area contributed by atoms with Crippen LogP contribution in [-0.2, 0) is 12.8 Å². The van der Waals surface area contributed by atoms with Gasteiger partial charge in [0, 0.05) is 27.8 Å². The molecular weight excluding hydrogens is 534 g/mol. The van der Waals surface area contributed by atoms with Gasteiger partial charge in [0.1, 0.15) is 11.2 Å². The number of para-hydroxylation sites is 1. The molecule has 0 fully saturated rings. The number of aromatic nitrogens is 1. The molecule has 210 valence electrons. The zero-order valence-corrected chi connectivity index (χ0v) is 24.5. The van der Waals surface area contributed by atoms with Crippen molar-refractivity contribution in [2.45, 2.75) is 25.7 Å². The first-order chi connectivity index (χ1) is 21.8. The van der Waals surface area contributed by atoms with Crippen molar-refractivity contribution in [3.8, 4) is 27.9 Å². The van der Waals surface area contributed by atoms with Gasteiger partial charge in [-0.15, -0.1) is 0 Å². The van der Waals surface area contributed by atoms with Crippen molar-refractivity contribution in [3.05, 3.63) is 155 Å². The summed E-state index contributed by atoms with van der Waals surface area (Å²) in [7, 11) is 0. The minimum Gasteiger partial charge on any atom is -0.456 e. The van der Waals surface area contributed by atoms with E-state index in [4.69, 9.17) is 4.42 Å². The Kier molecular flexibility index (Phi) is 5.80. The van der Waals surface area contributed by atoms with Crippen LogP contribution >= 0.6 is 0 Å². The molecule has 0 amide bonds. The van der Waals surface area contributed by atoms with Gasteiger partial charge in [-0.1, -0.05) is 103 Å². The molecule has 0 N–H and O–H groups in total. The zero-order chi connectivity index (χ0) is 29.0. The SMILES string of the molecule is C1=Cc2c3c(n(-c4ccc(-c5ccc(-c6ccc7oc8ccccc8c7c6)cc5)cc4)c2CC1)C=C(c1ccccc1)CC3. The second kappa shape index (κ2) is 10.1. The molecule has 0 bridgehead atoms. The number of allylic oxidation sites excluding steroid dienone is 2. The minimum absolute atomic E-state index is 0.930. The lowest BCUT2D eigenvalue weighted by molar-refractivity contribution is 0.669. The number of nitrogens with zero attached hydrogens (tertiary/aromatic N) is 1. The monoisotopic (exact) mass is 565 g/mol. The summed E-state index contributed by atoms with van der Waals surface area (Å²) in [4.78, 5) is 0. The van der Waals surface area contributed by atoms with Crippen molar-refractivity contribution in [1.82, 2.24) is 4.57 Å². The first-order valence-electron chi connectivity index (χ1n) is 15.6. The van der Waals surface area contributed by atoms with Gasteiger partial charge >= 0.3 is 0 Å². The summed E-state index contributed by atoms with van der Waals surface area (Å²) in [6, 6.07) is 43.7. The van der Waals surface area contributed by atoms with E-state index in [1.807, 2.05) is 12.1 Å². The van der Waals surface area contributed by atoms with Crippen LogP contribution in [0.25, 0.3) is 67.6 Å². The number of benzene rings is 5. The van der Waals surface area contributed by atoms with Gasteiger partial charge in [-0.3, -0.25) is 0 Å². The summed E-state index contributed by atoms with van der Waals surface area (Å²) in [5.74, 6) is 0. The molecule has 2 aliphatic rings. The normalized spacial score (nSPS) is 14.0. The van der Waals surface area contributed by atoms with Crippen molar-refractivity contribution in [3.63, 3.8) is 0 Å². The molecule has 5 aromatic carbocycles. The average Bonchev–Trinajstić information content (AvgIpc) is 3.64. The molecule has 0 atom stereocenters. The zero-order valence-electron chi connectivity index (χ0n) is 24.5. The Morgan fingerprint density at radius 2 is 1.23 bits per heavy atom. The third-order valence-corrected chi connectivity index (χ3v) is 9.44. The summed E-state index contributed by atoms with van der Waals surface area (Å²) >= 11 is 0. The average molecular weight is 566 g/mol. The molecule has 2 aliphatic carbocycles. The summed E-state index contributed by atoms with van der Waals surface area (Å²) in [6.07, 6.45) is 11.5. The van der Waals surface area contributed by atoms with E-state index in [-0.39, 0.29) is 0 Å². The lowest BCUT2D eigenvalue weighted by atomic mass is 9.89. The van der Waals surface area contributed by atoms with Crippen molar-refractivity contribution >= 4 is 39.7 Å². The fraction of sp³-hybridized carbons (Fsp3) is 0.0952. The fourth-order valence-electron chi connectivity index (χ4n) is 7.23. The topological polar surface area (TPSA) is 18.1 Å². The fourth-order valence-corrected chi connectivity index (χ4v) is 7.23. The first kappa shape index (κ1) is 25.2. The second-order valence-corrected chi connectivity index (χ2v) is 12.0. The highest BCUT2D eigenvalue weighted by Gasteiger charge is 2.25. The maximum Gasteiger partial charge on any atom is 0.135 e. The first-order valence-corrected chi connectivity index (χ1v) is 15.6. The van der Waals surface area contributed by atoms with Crippen molar-refractivity contribution in [2.24, 2.45) is 0 Å². The van der Waals surface area contributed by atoms with Crippen LogP contribution in [0.15, 0.2) is 132 Å². The van der Waals surface area contributed by atoms with Crippen LogP contribution < -0.4 is 0 Å². The third kappa shape index (κ3) is 4.10. The molecule has 0 saturated carbocycles. The Hall–Kier alpha value is -5.34. The largest absolute Gasteiger partial charge is 0.456 e. The molecule has 9 rings (SSSR count). The molecule has 0 aliphatic heterocycles. The molecule has 2 heteroatoms. The van der Waals surface area contributed by atoms with Gasteiger partial charge in [-0.05, 0) is 107 Å². The molecule has 7 aromatic rings. The number of hydrogen-bond acceptors (Lipinski definition) is 1. The summed E-state index contributed by atoms with van der Waals surface area (Å²) < 4.78 is 8.56. The highest BCUT2D eigenvalue weighted by atomic mass is 16.3. The van der Waals surface area contributed by atoms with E-state index in [1.54, 1.807) is 0 Å². The Morgan fingerprint density at radius 3 is 2.05 bits per heavy atom. The predicted octanol–water partition coefficient (Wildman–Crippen LogP) is 11.2. The third-order valence-electron chi connectivity index (χ3n) is 9.44. The molecule has 2 heterocycles. The number of furan rings is 1. The van der Waals surface area contributed by atoms with Crippen LogP contribution in [0.1, 0.15) is 40.9 Å². The maximum atomic E-state index is 6.04. The maximum absolute atomic E-state index is 6.04. The van der Waals surface area contributed by atoms with Gasteiger partial charge < -0.3 is 8.98 Å². The Morgan fingerprint density at radius 1 is 0.545 bits per heavy atom. The van der Waals surface area contributed by atoms with Crippen LogP contribution in [0.2, 0.25) is 0 Å². The van der Waals surface area contributed by atoms with E-state index in [9.17, 15) is 0 Å². The van der Waals surface area contributed by atoms with Crippen LogP contribution in [0, 0.1) is 0 Å². The van der Waals surface area contributed by atoms with E-state index in [0.717, 1.165) is 47.6 Å². The molecule has 0 spiro atoms. The minimum atomic E-state index is 0.930. The van der Waals surface area contributed by atoms with Gasteiger partial charge in [0.25, 0.3) is 0 Å². The van der Waals surface area contributed by atoms with Crippen LogP contribution in [0.4, 0.5) is 0 Å². The van der Waals surface area contributed by atoms with Gasteiger partial charge in [0.05, 0.1) is 0 Å². The highest BCUT2D eigenvalue weighted by Crippen LogP contribution is 2.40. The van der Waals surface area contributed by atoms with Crippen LogP contribution in [0.5, 0.6) is 0 Å². The molecule has 0 radical (unpaired) electrons. The van der Waals surface area contributed by atoms with E-state index < -0.39 is 0 Å². The second-order valence-electron chi connectivity index (χ2n) is 12.0. The Balaban J connectivity index is 1.05. The quantitative estimate of drug-likeness (QED) is 0.208. The van der Waals surface area contributed by atoms with Crippen LogP contribution in [0.3, 0.4) is 0 Å². The predicted molar refractivity (Wildman–Crippen MR) is 184 cm³/mol. The standard InChI is InChI=1S/C42H31NO/c1-2-8-28(9-3-1)33-20-24-36-35-10-4-6-12-39(35)43(40(36)27-33)34-22-18-30(19-23-34)29-14-16-31(17-15-29)32-21-25-42-38(26-32)37-11-5-7-13-41(37)44-42/h1-5,7-11,13-19,21-23,25-27H,6,12,20,24H2. The van der Waals surface area contributed by atoms with E-state index in [1.165, 1.54) is 61.6 Å². The molecule has 0 unspecified atom stereocenters. The molecule has 2 nitrogen and oxygen atoms in total. The lowest BCUT2D eigenvalue weighted by Crippen LogP contribution is -2.05. The van der Waals surface area contributed by atoms with Crippen molar-refractivity contribution in [2.75, 3.05) is 0 Å². The number of rotatable bonds is 4. The van der Waals surface area contributed by atoms with Gasteiger partial charge in [-0.2, -0.15) is 0 Å². The Bertz CT molecular complexity index is 2240. The van der Waals surface area contributed by atoms with E-state index in [0.29, 0.717) is 0 Å². The highest BCUT2D eigenvalue weighted by molar-refractivity contribution is 6.06. The van der Waals surface area contributed by atoms with Crippen molar-refractivity contribution in [1.29, 1.82) is 0 Å². The smallest absolute Gasteiger partial charge is 0.135 e. The molecular formula is C42H31NO. The van der Waals surface area contributed by atoms with E-state index in [2.05, 4.69) is 132 Å². The summed E-state index contributed by atoms with van der Waals surface area (Å²) in [5.41, 5.74) is 16.5.